The van der Waals surface area contributed by atoms with Crippen molar-refractivity contribution in [2.24, 2.45) is 5.41 Å². The molecule has 0 radical (unpaired) electrons. The van der Waals surface area contributed by atoms with Gasteiger partial charge in [-0.1, -0.05) is 41.6 Å². The molecule has 1 rings (SSSR count). The minimum Gasteiger partial charge on any atom is -0.385 e. The van der Waals surface area contributed by atoms with Gasteiger partial charge in [0.15, 0.2) is 0 Å². The Morgan fingerprint density at radius 3 is 2.31 bits per heavy atom. The van der Waals surface area contributed by atoms with Gasteiger partial charge in [0.25, 0.3) is 0 Å². The van der Waals surface area contributed by atoms with Crippen LogP contribution in [0.15, 0.2) is 0 Å². The molecule has 16 heavy (non-hydrogen) atoms. The van der Waals surface area contributed by atoms with E-state index in [1.54, 1.807) is 7.11 Å². The van der Waals surface area contributed by atoms with Crippen LogP contribution < -0.4 is 0 Å². The first-order chi connectivity index (χ1) is 7.83. The average Bonchev–Trinajstić information content (AvgIpc) is 2.55. The van der Waals surface area contributed by atoms with Crippen molar-refractivity contribution < 1.29 is 9.47 Å². The Hall–Kier alpha value is 0.400. The molecule has 0 unspecified atom stereocenters. The highest BCUT2D eigenvalue weighted by molar-refractivity contribution is 9.09. The van der Waals surface area contributed by atoms with E-state index in [0.717, 1.165) is 31.6 Å². The molecule has 2 nitrogen and oxygen atoms in total. The lowest BCUT2D eigenvalue weighted by Crippen LogP contribution is -2.28. The predicted molar refractivity (Wildman–Crippen MR) is 71.2 cm³/mol. The summed E-state index contributed by atoms with van der Waals surface area (Å²) in [5.41, 5.74) is 0.406. The Morgan fingerprint density at radius 2 is 1.75 bits per heavy atom. The quantitative estimate of drug-likeness (QED) is 0.404. The van der Waals surface area contributed by atoms with Crippen LogP contribution in [-0.4, -0.2) is 32.3 Å². The number of halogens is 1. The number of alkyl halides is 1. The monoisotopic (exact) mass is 292 g/mol. The molecule has 1 saturated carbocycles. The van der Waals surface area contributed by atoms with Gasteiger partial charge >= 0.3 is 0 Å². The summed E-state index contributed by atoms with van der Waals surface area (Å²) in [6, 6.07) is 0. The van der Waals surface area contributed by atoms with Crippen molar-refractivity contribution in [1.82, 2.24) is 0 Å². The van der Waals surface area contributed by atoms with E-state index < -0.39 is 0 Å². The number of hydrogen-bond acceptors (Lipinski definition) is 2. The maximum absolute atomic E-state index is 5.82. The van der Waals surface area contributed by atoms with Crippen LogP contribution in [-0.2, 0) is 9.47 Å². The van der Waals surface area contributed by atoms with Crippen LogP contribution in [0.3, 0.4) is 0 Å². The molecule has 0 heterocycles. The molecule has 3 heteroatoms. The Labute approximate surface area is 108 Å². The number of methoxy groups -OCH3 is 1. The van der Waals surface area contributed by atoms with Gasteiger partial charge in [0.05, 0.1) is 6.61 Å². The SMILES string of the molecule is COCCCOCC1(CBr)CCCCCC1. The molecular formula is C13H25BrO2. The molecule has 0 aromatic heterocycles. The summed E-state index contributed by atoms with van der Waals surface area (Å²) < 4.78 is 10.8. The molecule has 1 aliphatic rings. The third-order valence-electron chi connectivity index (χ3n) is 3.49. The summed E-state index contributed by atoms with van der Waals surface area (Å²) in [4.78, 5) is 0. The zero-order valence-corrected chi connectivity index (χ0v) is 12.1. The van der Waals surface area contributed by atoms with Crippen molar-refractivity contribution in [2.45, 2.75) is 44.9 Å². The summed E-state index contributed by atoms with van der Waals surface area (Å²) in [5, 5.41) is 1.09. The van der Waals surface area contributed by atoms with E-state index in [1.165, 1.54) is 38.5 Å². The van der Waals surface area contributed by atoms with Crippen LogP contribution in [0.2, 0.25) is 0 Å². The molecule has 0 bridgehead atoms. The van der Waals surface area contributed by atoms with E-state index in [2.05, 4.69) is 15.9 Å². The molecule has 96 valence electrons. The lowest BCUT2D eigenvalue weighted by Gasteiger charge is -2.30. The third kappa shape index (κ3) is 5.15. The fourth-order valence-electron chi connectivity index (χ4n) is 2.39. The van der Waals surface area contributed by atoms with Gasteiger partial charge in [0.2, 0.25) is 0 Å². The minimum atomic E-state index is 0.406. The number of hydrogen-bond donors (Lipinski definition) is 0. The second kappa shape index (κ2) is 8.48. The normalized spacial score (nSPS) is 20.6. The van der Waals surface area contributed by atoms with Crippen molar-refractivity contribution in [1.29, 1.82) is 0 Å². The van der Waals surface area contributed by atoms with Gasteiger partial charge in [-0.25, -0.2) is 0 Å². The highest BCUT2D eigenvalue weighted by Gasteiger charge is 2.29. The predicted octanol–water partition coefficient (Wildman–Crippen LogP) is 3.78. The van der Waals surface area contributed by atoms with Gasteiger partial charge in [-0.2, -0.15) is 0 Å². The van der Waals surface area contributed by atoms with Crippen LogP contribution in [0.5, 0.6) is 0 Å². The summed E-state index contributed by atoms with van der Waals surface area (Å²) >= 11 is 3.68. The van der Waals surface area contributed by atoms with E-state index in [0.29, 0.717) is 5.41 Å². The smallest absolute Gasteiger partial charge is 0.0530 e. The molecule has 1 fully saturated rings. The highest BCUT2D eigenvalue weighted by atomic mass is 79.9. The summed E-state index contributed by atoms with van der Waals surface area (Å²) in [6.07, 6.45) is 9.19. The lowest BCUT2D eigenvalue weighted by atomic mass is 9.83. The van der Waals surface area contributed by atoms with E-state index in [1.807, 2.05) is 0 Å². The molecule has 0 saturated heterocycles. The zero-order chi connectivity index (χ0) is 11.7. The van der Waals surface area contributed by atoms with Gasteiger partial charge in [0.1, 0.15) is 0 Å². The van der Waals surface area contributed by atoms with Gasteiger partial charge in [-0.3, -0.25) is 0 Å². The Morgan fingerprint density at radius 1 is 1.06 bits per heavy atom. The van der Waals surface area contributed by atoms with Gasteiger partial charge in [0, 0.05) is 31.1 Å². The van der Waals surface area contributed by atoms with E-state index in [4.69, 9.17) is 9.47 Å². The lowest BCUT2D eigenvalue weighted by molar-refractivity contribution is 0.0368. The minimum absolute atomic E-state index is 0.406. The molecule has 0 aliphatic heterocycles. The second-order valence-corrected chi connectivity index (χ2v) is 5.51. The average molecular weight is 293 g/mol. The molecule has 0 aromatic carbocycles. The second-order valence-electron chi connectivity index (χ2n) is 4.95. The standard InChI is InChI=1S/C13H25BrO2/c1-15-9-6-10-16-12-13(11-14)7-4-2-3-5-8-13/h2-12H2,1H3. The van der Waals surface area contributed by atoms with E-state index in [9.17, 15) is 0 Å². The van der Waals surface area contributed by atoms with Crippen LogP contribution >= 0.6 is 15.9 Å². The molecule has 0 atom stereocenters. The van der Waals surface area contributed by atoms with E-state index >= 15 is 0 Å². The van der Waals surface area contributed by atoms with Crippen LogP contribution in [0.1, 0.15) is 44.9 Å². The summed E-state index contributed by atoms with van der Waals surface area (Å²) in [5.74, 6) is 0. The first-order valence-electron chi connectivity index (χ1n) is 6.46. The van der Waals surface area contributed by atoms with Crippen molar-refractivity contribution in [2.75, 3.05) is 32.3 Å². The Bertz CT molecular complexity index is 165. The number of rotatable bonds is 7. The fraction of sp³-hybridized carbons (Fsp3) is 1.00. The molecule has 0 N–H and O–H groups in total. The number of ether oxygens (including phenoxy) is 2. The Balaban J connectivity index is 2.22. The molecule has 0 amide bonds. The highest BCUT2D eigenvalue weighted by Crippen LogP contribution is 2.36. The maximum atomic E-state index is 5.82. The van der Waals surface area contributed by atoms with Crippen LogP contribution in [0.25, 0.3) is 0 Å². The van der Waals surface area contributed by atoms with Crippen LogP contribution in [0.4, 0.5) is 0 Å². The van der Waals surface area contributed by atoms with Crippen molar-refractivity contribution in [3.05, 3.63) is 0 Å². The zero-order valence-electron chi connectivity index (χ0n) is 10.5. The first kappa shape index (κ1) is 14.5. The molecular weight excluding hydrogens is 268 g/mol. The fourth-order valence-corrected chi connectivity index (χ4v) is 3.11. The van der Waals surface area contributed by atoms with Gasteiger partial charge in [-0.15, -0.1) is 0 Å². The molecule has 0 aromatic rings. The Kier molecular flexibility index (Phi) is 7.67. The van der Waals surface area contributed by atoms with Gasteiger partial charge in [-0.05, 0) is 19.3 Å². The molecule has 1 aliphatic carbocycles. The molecule has 0 spiro atoms. The van der Waals surface area contributed by atoms with Crippen molar-refractivity contribution in [3.8, 4) is 0 Å². The summed E-state index contributed by atoms with van der Waals surface area (Å²) in [7, 11) is 1.74. The largest absolute Gasteiger partial charge is 0.385 e. The van der Waals surface area contributed by atoms with Gasteiger partial charge < -0.3 is 9.47 Å². The first-order valence-corrected chi connectivity index (χ1v) is 7.58. The van der Waals surface area contributed by atoms with Crippen molar-refractivity contribution in [3.63, 3.8) is 0 Å². The van der Waals surface area contributed by atoms with E-state index in [-0.39, 0.29) is 0 Å². The van der Waals surface area contributed by atoms with Crippen molar-refractivity contribution >= 4 is 15.9 Å². The topological polar surface area (TPSA) is 18.5 Å². The third-order valence-corrected chi connectivity index (χ3v) is 4.68. The maximum Gasteiger partial charge on any atom is 0.0530 e. The summed E-state index contributed by atoms with van der Waals surface area (Å²) in [6.45, 7) is 2.56. The van der Waals surface area contributed by atoms with Crippen LogP contribution in [0, 0.1) is 5.41 Å².